The first-order valence-electron chi connectivity index (χ1n) is 8.27. The Bertz CT molecular complexity index is 726. The molecule has 1 N–H and O–H groups in total. The van der Waals surface area contributed by atoms with Crippen molar-refractivity contribution in [1.82, 2.24) is 15.2 Å². The fourth-order valence-electron chi connectivity index (χ4n) is 2.45. The average Bonchev–Trinajstić information content (AvgIpc) is 2.96. The largest absolute Gasteiger partial charge is 0.375 e. The van der Waals surface area contributed by atoms with E-state index < -0.39 is 0 Å². The fraction of sp³-hybridized carbons (Fsp3) is 0.444. The Labute approximate surface area is 153 Å². The summed E-state index contributed by atoms with van der Waals surface area (Å²) in [6.45, 7) is 5.91. The summed E-state index contributed by atoms with van der Waals surface area (Å²) in [5, 5.41) is 6.39. The molecule has 0 fully saturated rings. The molecule has 0 aliphatic rings. The number of aryl methyl sites for hydroxylation is 1. The highest BCUT2D eigenvalue weighted by atomic mass is 32.1. The van der Waals surface area contributed by atoms with Crippen LogP contribution < -0.4 is 10.2 Å². The van der Waals surface area contributed by atoms with E-state index in [1.54, 1.807) is 28.4 Å². The van der Waals surface area contributed by atoms with Crippen molar-refractivity contribution in [2.24, 2.45) is 4.99 Å². The van der Waals surface area contributed by atoms with E-state index in [1.165, 1.54) is 0 Å². The van der Waals surface area contributed by atoms with E-state index in [-0.39, 0.29) is 5.82 Å². The van der Waals surface area contributed by atoms with Crippen molar-refractivity contribution >= 4 is 23.0 Å². The lowest BCUT2D eigenvalue weighted by Crippen LogP contribution is -2.38. The lowest BCUT2D eigenvalue weighted by molar-refractivity contribution is 0.470. The van der Waals surface area contributed by atoms with Crippen molar-refractivity contribution in [1.29, 1.82) is 0 Å². The molecule has 0 aliphatic heterocycles. The Kier molecular flexibility index (Phi) is 6.75. The second kappa shape index (κ2) is 8.80. The summed E-state index contributed by atoms with van der Waals surface area (Å²) in [4.78, 5) is 12.9. The van der Waals surface area contributed by atoms with Crippen LogP contribution in [0.1, 0.15) is 23.2 Å². The molecule has 0 saturated carbocycles. The minimum absolute atomic E-state index is 0.228. The molecule has 0 radical (unpaired) electrons. The Hall–Kier alpha value is -2.15. The summed E-state index contributed by atoms with van der Waals surface area (Å²) in [6.07, 6.45) is 0. The van der Waals surface area contributed by atoms with Gasteiger partial charge < -0.3 is 15.1 Å². The standard InChI is InChI=1S/C18H26FN5S/c1-6-20-18(24(5)11-15-12-25-13(2)22-15)21-10-14-7-8-17(23(3)4)16(19)9-14/h7-9,12H,6,10-11H2,1-5H3,(H,20,21). The number of halogens is 1. The second-order valence-corrected chi connectivity index (χ2v) is 7.13. The molecule has 0 spiro atoms. The van der Waals surface area contributed by atoms with Crippen molar-refractivity contribution < 1.29 is 4.39 Å². The molecule has 0 unspecified atom stereocenters. The molecular weight excluding hydrogens is 337 g/mol. The van der Waals surface area contributed by atoms with Gasteiger partial charge >= 0.3 is 0 Å². The number of aliphatic imine (C=N–C) groups is 1. The SMILES string of the molecule is CCNC(=NCc1ccc(N(C)C)c(F)c1)N(C)Cc1csc(C)n1. The summed E-state index contributed by atoms with van der Waals surface area (Å²) in [5.74, 6) is 0.555. The zero-order chi connectivity index (χ0) is 18.4. The number of aromatic nitrogens is 1. The van der Waals surface area contributed by atoms with Gasteiger partial charge in [-0.2, -0.15) is 0 Å². The maximum Gasteiger partial charge on any atom is 0.194 e. The summed E-state index contributed by atoms with van der Waals surface area (Å²) >= 11 is 1.64. The van der Waals surface area contributed by atoms with Gasteiger partial charge in [-0.05, 0) is 31.5 Å². The zero-order valence-electron chi connectivity index (χ0n) is 15.5. The molecule has 0 bridgehead atoms. The van der Waals surface area contributed by atoms with Gasteiger partial charge in [-0.25, -0.2) is 14.4 Å². The first-order valence-corrected chi connectivity index (χ1v) is 9.15. The Balaban J connectivity index is 2.09. The molecule has 0 atom stereocenters. The molecule has 1 aromatic carbocycles. The van der Waals surface area contributed by atoms with Crippen LogP contribution >= 0.6 is 11.3 Å². The number of anilines is 1. The molecule has 1 heterocycles. The second-order valence-electron chi connectivity index (χ2n) is 6.06. The lowest BCUT2D eigenvalue weighted by Gasteiger charge is -2.21. The van der Waals surface area contributed by atoms with E-state index in [1.807, 2.05) is 46.0 Å². The molecule has 2 aromatic rings. The smallest absolute Gasteiger partial charge is 0.194 e. The van der Waals surface area contributed by atoms with Crippen LogP contribution in [0.3, 0.4) is 0 Å². The molecule has 0 amide bonds. The Morgan fingerprint density at radius 3 is 2.64 bits per heavy atom. The van der Waals surface area contributed by atoms with Gasteiger partial charge in [-0.1, -0.05) is 6.07 Å². The maximum absolute atomic E-state index is 14.1. The number of rotatable bonds is 6. The molecule has 136 valence electrons. The minimum atomic E-state index is -0.228. The van der Waals surface area contributed by atoms with E-state index in [2.05, 4.69) is 20.7 Å². The summed E-state index contributed by atoms with van der Waals surface area (Å²) in [7, 11) is 5.63. The van der Waals surface area contributed by atoms with Gasteiger partial charge in [0.15, 0.2) is 5.96 Å². The third-order valence-corrected chi connectivity index (χ3v) is 4.49. The Morgan fingerprint density at radius 1 is 1.32 bits per heavy atom. The van der Waals surface area contributed by atoms with Gasteiger partial charge in [0.1, 0.15) is 5.82 Å². The number of hydrogen-bond donors (Lipinski definition) is 1. The molecular formula is C18H26FN5S. The van der Waals surface area contributed by atoms with Gasteiger partial charge in [0.05, 0.1) is 29.5 Å². The topological polar surface area (TPSA) is 43.8 Å². The van der Waals surface area contributed by atoms with Crippen LogP contribution in [0.4, 0.5) is 10.1 Å². The number of benzene rings is 1. The fourth-order valence-corrected chi connectivity index (χ4v) is 3.05. The van der Waals surface area contributed by atoms with Crippen LogP contribution in [0, 0.1) is 12.7 Å². The quantitative estimate of drug-likeness (QED) is 0.632. The monoisotopic (exact) mass is 363 g/mol. The van der Waals surface area contributed by atoms with E-state index in [4.69, 9.17) is 0 Å². The molecule has 7 heteroatoms. The average molecular weight is 364 g/mol. The highest BCUT2D eigenvalue weighted by Crippen LogP contribution is 2.18. The van der Waals surface area contributed by atoms with E-state index in [0.29, 0.717) is 18.8 Å². The van der Waals surface area contributed by atoms with E-state index in [0.717, 1.165) is 28.8 Å². The van der Waals surface area contributed by atoms with Crippen molar-refractivity contribution in [3.63, 3.8) is 0 Å². The van der Waals surface area contributed by atoms with Gasteiger partial charge in [0.25, 0.3) is 0 Å². The number of guanidine groups is 1. The van der Waals surface area contributed by atoms with Gasteiger partial charge in [0.2, 0.25) is 0 Å². The summed E-state index contributed by atoms with van der Waals surface area (Å²) in [6, 6.07) is 5.25. The van der Waals surface area contributed by atoms with Crippen LogP contribution in [0.25, 0.3) is 0 Å². The molecule has 0 saturated heterocycles. The number of thiazole rings is 1. The Morgan fingerprint density at radius 2 is 2.08 bits per heavy atom. The van der Waals surface area contributed by atoms with Crippen LogP contribution in [0.5, 0.6) is 0 Å². The number of nitrogens with one attached hydrogen (secondary N) is 1. The van der Waals surface area contributed by atoms with Crippen molar-refractivity contribution in [2.45, 2.75) is 26.9 Å². The van der Waals surface area contributed by atoms with Gasteiger partial charge in [0, 0.05) is 33.1 Å². The molecule has 1 aromatic heterocycles. The van der Waals surface area contributed by atoms with Crippen molar-refractivity contribution in [3.05, 3.63) is 45.7 Å². The first kappa shape index (κ1) is 19.2. The van der Waals surface area contributed by atoms with Crippen LogP contribution in [-0.4, -0.2) is 43.5 Å². The van der Waals surface area contributed by atoms with Gasteiger partial charge in [-0.15, -0.1) is 11.3 Å². The lowest BCUT2D eigenvalue weighted by atomic mass is 10.2. The highest BCUT2D eigenvalue weighted by Gasteiger charge is 2.09. The molecule has 2 rings (SSSR count). The molecule has 5 nitrogen and oxygen atoms in total. The maximum atomic E-state index is 14.1. The van der Waals surface area contributed by atoms with Crippen LogP contribution in [-0.2, 0) is 13.1 Å². The first-order chi connectivity index (χ1) is 11.9. The van der Waals surface area contributed by atoms with E-state index in [9.17, 15) is 4.39 Å². The van der Waals surface area contributed by atoms with Crippen molar-refractivity contribution in [2.75, 3.05) is 32.6 Å². The normalized spacial score (nSPS) is 11.5. The third-order valence-electron chi connectivity index (χ3n) is 3.67. The highest BCUT2D eigenvalue weighted by molar-refractivity contribution is 7.09. The van der Waals surface area contributed by atoms with Crippen LogP contribution in [0.2, 0.25) is 0 Å². The summed E-state index contributed by atoms with van der Waals surface area (Å²) < 4.78 is 14.1. The number of hydrogen-bond acceptors (Lipinski definition) is 4. The zero-order valence-corrected chi connectivity index (χ0v) is 16.3. The predicted octanol–water partition coefficient (Wildman–Crippen LogP) is 3.25. The summed E-state index contributed by atoms with van der Waals surface area (Å²) in [5.41, 5.74) is 2.45. The van der Waals surface area contributed by atoms with Crippen molar-refractivity contribution in [3.8, 4) is 0 Å². The van der Waals surface area contributed by atoms with E-state index >= 15 is 0 Å². The van der Waals surface area contributed by atoms with Crippen LogP contribution in [0.15, 0.2) is 28.6 Å². The molecule has 25 heavy (non-hydrogen) atoms. The number of nitrogens with zero attached hydrogens (tertiary/aromatic N) is 4. The van der Waals surface area contributed by atoms with Gasteiger partial charge in [-0.3, -0.25) is 0 Å². The minimum Gasteiger partial charge on any atom is -0.375 e. The third kappa shape index (κ3) is 5.42. The molecule has 0 aliphatic carbocycles. The predicted molar refractivity (Wildman–Crippen MR) is 104 cm³/mol.